The highest BCUT2D eigenvalue weighted by atomic mass is 16.5. The second kappa shape index (κ2) is 8.44. The third-order valence-corrected chi connectivity index (χ3v) is 10.7. The molecule has 4 aliphatic rings. The van der Waals surface area contributed by atoms with Gasteiger partial charge in [0.1, 0.15) is 0 Å². The summed E-state index contributed by atoms with van der Waals surface area (Å²) in [6.45, 7) is 9.79. The second-order valence-corrected chi connectivity index (χ2v) is 12.9. The second-order valence-electron chi connectivity index (χ2n) is 12.9. The molecule has 0 aliphatic heterocycles. The van der Waals surface area contributed by atoms with Crippen molar-refractivity contribution in [1.29, 1.82) is 0 Å². The molecule has 3 saturated carbocycles. The lowest BCUT2D eigenvalue weighted by Crippen LogP contribution is -2.51. The molecule has 1 unspecified atom stereocenters. The Morgan fingerprint density at radius 3 is 2.58 bits per heavy atom. The summed E-state index contributed by atoms with van der Waals surface area (Å²) in [6.07, 6.45) is 16.4. The number of allylic oxidation sites excluding steroid dienone is 1. The molecule has 8 atom stereocenters. The van der Waals surface area contributed by atoms with E-state index in [1.807, 2.05) is 13.8 Å². The molecule has 0 aromatic rings. The van der Waals surface area contributed by atoms with Gasteiger partial charge in [-0.25, -0.2) is 0 Å². The van der Waals surface area contributed by atoms with Crippen LogP contribution >= 0.6 is 0 Å². The summed E-state index contributed by atoms with van der Waals surface area (Å²) in [5.74, 6) is 3.34. The highest BCUT2D eigenvalue weighted by molar-refractivity contribution is 5.26. The molecule has 4 rings (SSSR count). The zero-order chi connectivity index (χ0) is 22.5. The monoisotopic (exact) mass is 432 g/mol. The highest BCUT2D eigenvalue weighted by Gasteiger charge is 2.58. The molecule has 0 radical (unpaired) electrons. The summed E-state index contributed by atoms with van der Waals surface area (Å²) in [7, 11) is 1.71. The zero-order valence-electron chi connectivity index (χ0n) is 20.9. The SMILES string of the molecule is COCCC(C)(O)CCC[C@H]1CC[C@H]2[C@@H]3CC=C4C[C@@](C)(O)CC[C@]4(C)[C@H]3CC[C@]12C. The van der Waals surface area contributed by atoms with Crippen LogP contribution in [0.3, 0.4) is 0 Å². The van der Waals surface area contributed by atoms with E-state index in [1.165, 1.54) is 38.5 Å². The van der Waals surface area contributed by atoms with Crippen molar-refractivity contribution in [3.05, 3.63) is 11.6 Å². The zero-order valence-corrected chi connectivity index (χ0v) is 20.9. The van der Waals surface area contributed by atoms with Crippen LogP contribution in [0.4, 0.5) is 0 Å². The quantitative estimate of drug-likeness (QED) is 0.466. The van der Waals surface area contributed by atoms with E-state index in [9.17, 15) is 10.2 Å². The van der Waals surface area contributed by atoms with Crippen LogP contribution in [0.15, 0.2) is 11.6 Å². The van der Waals surface area contributed by atoms with Crippen LogP contribution < -0.4 is 0 Å². The first-order valence-corrected chi connectivity index (χ1v) is 13.1. The first-order valence-electron chi connectivity index (χ1n) is 13.1. The van der Waals surface area contributed by atoms with Gasteiger partial charge in [-0.1, -0.05) is 31.9 Å². The molecule has 0 heterocycles. The van der Waals surface area contributed by atoms with Gasteiger partial charge in [-0.05, 0) is 119 Å². The minimum Gasteiger partial charge on any atom is -0.390 e. The summed E-state index contributed by atoms with van der Waals surface area (Å²) in [6, 6.07) is 0. The van der Waals surface area contributed by atoms with E-state index in [0.717, 1.165) is 62.2 Å². The standard InChI is InChI=1S/C28H48O3/c1-25(29,17-18-31-5)13-6-7-20-9-11-23-22-10-8-21-19-26(2,30)15-16-28(21,4)24(22)12-14-27(20,23)3/h8,20,22-24,29-30H,6-7,9-19H2,1-5H3/t20-,22-,23-,24-,25?,26-,27+,28-/m0/s1. The maximum Gasteiger partial charge on any atom is 0.0657 e. The van der Waals surface area contributed by atoms with Gasteiger partial charge < -0.3 is 14.9 Å². The van der Waals surface area contributed by atoms with E-state index in [1.54, 1.807) is 12.7 Å². The first kappa shape index (κ1) is 23.8. The van der Waals surface area contributed by atoms with Crippen molar-refractivity contribution in [2.45, 2.75) is 116 Å². The summed E-state index contributed by atoms with van der Waals surface area (Å²) in [4.78, 5) is 0. The lowest BCUT2D eigenvalue weighted by molar-refractivity contribution is -0.0666. The fraction of sp³-hybridized carbons (Fsp3) is 0.929. The highest BCUT2D eigenvalue weighted by Crippen LogP contribution is 2.67. The topological polar surface area (TPSA) is 49.7 Å². The number of hydrogen-bond acceptors (Lipinski definition) is 3. The van der Waals surface area contributed by atoms with E-state index in [2.05, 4.69) is 19.9 Å². The predicted octanol–water partition coefficient (Wildman–Crippen LogP) is 6.27. The molecule has 0 amide bonds. The van der Waals surface area contributed by atoms with Gasteiger partial charge in [0.25, 0.3) is 0 Å². The van der Waals surface area contributed by atoms with Gasteiger partial charge in [0.15, 0.2) is 0 Å². The van der Waals surface area contributed by atoms with E-state index >= 15 is 0 Å². The van der Waals surface area contributed by atoms with Crippen molar-refractivity contribution in [2.75, 3.05) is 13.7 Å². The Morgan fingerprint density at radius 2 is 1.84 bits per heavy atom. The van der Waals surface area contributed by atoms with Gasteiger partial charge >= 0.3 is 0 Å². The maximum atomic E-state index is 10.7. The minimum atomic E-state index is -0.589. The molecule has 31 heavy (non-hydrogen) atoms. The molecular weight excluding hydrogens is 384 g/mol. The Bertz CT molecular complexity index is 680. The number of methoxy groups -OCH3 is 1. The van der Waals surface area contributed by atoms with Crippen molar-refractivity contribution in [2.24, 2.45) is 34.5 Å². The summed E-state index contributed by atoms with van der Waals surface area (Å²) < 4.78 is 5.17. The van der Waals surface area contributed by atoms with Gasteiger partial charge in [0.2, 0.25) is 0 Å². The number of hydrogen-bond donors (Lipinski definition) is 2. The van der Waals surface area contributed by atoms with Crippen LogP contribution in [0, 0.1) is 34.5 Å². The molecule has 2 N–H and O–H groups in total. The first-order chi connectivity index (χ1) is 14.5. The molecule has 3 heteroatoms. The van der Waals surface area contributed by atoms with Crippen molar-refractivity contribution >= 4 is 0 Å². The largest absolute Gasteiger partial charge is 0.390 e. The van der Waals surface area contributed by atoms with Gasteiger partial charge in [-0.3, -0.25) is 0 Å². The fourth-order valence-electron chi connectivity index (χ4n) is 8.56. The Morgan fingerprint density at radius 1 is 1.06 bits per heavy atom. The number of ether oxygens (including phenoxy) is 1. The summed E-state index contributed by atoms with van der Waals surface area (Å²) >= 11 is 0. The normalized spacial score (nSPS) is 46.5. The molecule has 3 fully saturated rings. The van der Waals surface area contributed by atoms with Gasteiger partial charge in [-0.15, -0.1) is 0 Å². The molecule has 0 aromatic heterocycles. The molecule has 4 aliphatic carbocycles. The van der Waals surface area contributed by atoms with Gasteiger partial charge in [0.05, 0.1) is 11.2 Å². The van der Waals surface area contributed by atoms with Crippen molar-refractivity contribution in [3.8, 4) is 0 Å². The van der Waals surface area contributed by atoms with Gasteiger partial charge in [-0.2, -0.15) is 0 Å². The average molecular weight is 433 g/mol. The van der Waals surface area contributed by atoms with Crippen LogP contribution in [-0.2, 0) is 4.74 Å². The molecule has 0 spiro atoms. The van der Waals surface area contributed by atoms with Crippen LogP contribution in [0.1, 0.15) is 105 Å². The average Bonchev–Trinajstić information content (AvgIpc) is 3.03. The van der Waals surface area contributed by atoms with Crippen molar-refractivity contribution in [1.82, 2.24) is 0 Å². The Hall–Kier alpha value is -0.380. The molecule has 178 valence electrons. The number of aliphatic hydroxyl groups is 2. The lowest BCUT2D eigenvalue weighted by Gasteiger charge is -2.59. The summed E-state index contributed by atoms with van der Waals surface area (Å²) in [5.41, 5.74) is 1.30. The Kier molecular flexibility index (Phi) is 6.47. The van der Waals surface area contributed by atoms with Crippen LogP contribution in [0.5, 0.6) is 0 Å². The van der Waals surface area contributed by atoms with Crippen LogP contribution in [0.25, 0.3) is 0 Å². The fourth-order valence-corrected chi connectivity index (χ4v) is 8.56. The number of rotatable bonds is 7. The smallest absolute Gasteiger partial charge is 0.0657 e. The Labute approximate surface area is 191 Å². The lowest BCUT2D eigenvalue weighted by atomic mass is 9.46. The van der Waals surface area contributed by atoms with E-state index in [4.69, 9.17) is 4.74 Å². The van der Waals surface area contributed by atoms with Crippen LogP contribution in [0.2, 0.25) is 0 Å². The van der Waals surface area contributed by atoms with E-state index in [-0.39, 0.29) is 0 Å². The molecule has 0 aromatic carbocycles. The summed E-state index contributed by atoms with van der Waals surface area (Å²) in [5, 5.41) is 21.3. The molecule has 3 nitrogen and oxygen atoms in total. The van der Waals surface area contributed by atoms with E-state index < -0.39 is 11.2 Å². The minimum absolute atomic E-state index is 0.324. The van der Waals surface area contributed by atoms with E-state index in [0.29, 0.717) is 17.4 Å². The Balaban J connectivity index is 1.41. The van der Waals surface area contributed by atoms with Crippen molar-refractivity contribution in [3.63, 3.8) is 0 Å². The van der Waals surface area contributed by atoms with Crippen LogP contribution in [-0.4, -0.2) is 35.1 Å². The number of fused-ring (bicyclic) bond motifs is 5. The molecule has 0 saturated heterocycles. The maximum absolute atomic E-state index is 10.7. The predicted molar refractivity (Wildman–Crippen MR) is 127 cm³/mol. The third kappa shape index (κ3) is 4.41. The third-order valence-electron chi connectivity index (χ3n) is 10.7. The molecule has 0 bridgehead atoms. The molecular formula is C28H48O3. The van der Waals surface area contributed by atoms with Crippen molar-refractivity contribution < 1.29 is 14.9 Å². The van der Waals surface area contributed by atoms with Gasteiger partial charge in [0, 0.05) is 13.7 Å².